The van der Waals surface area contributed by atoms with E-state index in [9.17, 15) is 14.9 Å². The Balaban J connectivity index is 1.87. The van der Waals surface area contributed by atoms with Crippen molar-refractivity contribution in [2.24, 2.45) is 5.10 Å². The third-order valence-corrected chi connectivity index (χ3v) is 2.99. The first-order valence-corrected chi connectivity index (χ1v) is 7.51. The lowest BCUT2D eigenvalue weighted by molar-refractivity contribution is -0.384. The molecule has 0 atom stereocenters. The Morgan fingerprint density at radius 3 is 2.60 bits per heavy atom. The van der Waals surface area contributed by atoms with E-state index in [-0.39, 0.29) is 12.3 Å². The number of benzene rings is 2. The molecule has 0 aliphatic heterocycles. The van der Waals surface area contributed by atoms with Crippen molar-refractivity contribution in [3.05, 3.63) is 64.2 Å². The molecule has 2 aromatic carbocycles. The molecule has 0 saturated heterocycles. The molecule has 8 nitrogen and oxygen atoms in total. The summed E-state index contributed by atoms with van der Waals surface area (Å²) in [6, 6.07) is 12.9. The van der Waals surface area contributed by atoms with Crippen molar-refractivity contribution in [2.45, 2.75) is 6.92 Å². The topological polar surface area (TPSA) is 103 Å². The van der Waals surface area contributed by atoms with Crippen LogP contribution in [0.15, 0.2) is 53.6 Å². The quantitative estimate of drug-likeness (QED) is 0.451. The molecule has 2 rings (SSSR count). The van der Waals surface area contributed by atoms with Gasteiger partial charge in [-0.1, -0.05) is 24.3 Å². The van der Waals surface area contributed by atoms with Crippen LogP contribution in [0.25, 0.3) is 0 Å². The Morgan fingerprint density at radius 1 is 1.20 bits per heavy atom. The first-order chi connectivity index (χ1) is 12.1. The predicted octanol–water partition coefficient (Wildman–Crippen LogP) is 2.52. The normalized spacial score (nSPS) is 10.4. The molecule has 0 aliphatic carbocycles. The summed E-state index contributed by atoms with van der Waals surface area (Å²) in [6.07, 6.45) is 1.32. The van der Waals surface area contributed by atoms with Gasteiger partial charge in [0.1, 0.15) is 0 Å². The number of nitrogens with zero attached hydrogens (tertiary/aromatic N) is 2. The van der Waals surface area contributed by atoms with Crippen molar-refractivity contribution in [1.82, 2.24) is 5.43 Å². The molecule has 0 radical (unpaired) electrons. The zero-order chi connectivity index (χ0) is 18.1. The maximum Gasteiger partial charge on any atom is 0.277 e. The number of para-hydroxylation sites is 2. The minimum Gasteiger partial charge on any atom is -0.490 e. The van der Waals surface area contributed by atoms with Crippen LogP contribution in [0.1, 0.15) is 12.5 Å². The predicted molar refractivity (Wildman–Crippen MR) is 91.9 cm³/mol. The molecule has 0 bridgehead atoms. The number of rotatable bonds is 8. The molecule has 0 spiro atoms. The first kappa shape index (κ1) is 17.9. The SMILES string of the molecule is CCOc1ccccc1OCC(=O)N/N=C/c1cccc([N+](=O)[O-])c1. The molecule has 8 heteroatoms. The lowest BCUT2D eigenvalue weighted by Crippen LogP contribution is -2.24. The van der Waals surface area contributed by atoms with E-state index in [1.54, 1.807) is 30.3 Å². The van der Waals surface area contributed by atoms with Crippen LogP contribution >= 0.6 is 0 Å². The minimum absolute atomic E-state index is 0.0499. The number of nitrogens with one attached hydrogen (secondary N) is 1. The third kappa shape index (κ3) is 5.61. The van der Waals surface area contributed by atoms with Gasteiger partial charge in [0.05, 0.1) is 17.7 Å². The summed E-state index contributed by atoms with van der Waals surface area (Å²) < 4.78 is 10.8. The molecule has 1 N–H and O–H groups in total. The summed E-state index contributed by atoms with van der Waals surface area (Å²) in [4.78, 5) is 21.9. The number of carbonyl (C=O) groups excluding carboxylic acids is 1. The van der Waals surface area contributed by atoms with E-state index < -0.39 is 10.8 Å². The fourth-order valence-corrected chi connectivity index (χ4v) is 1.92. The molecule has 0 aliphatic rings. The Hall–Kier alpha value is -3.42. The van der Waals surface area contributed by atoms with E-state index >= 15 is 0 Å². The summed E-state index contributed by atoms with van der Waals surface area (Å²) in [5.74, 6) is 0.549. The highest BCUT2D eigenvalue weighted by Crippen LogP contribution is 2.26. The number of hydrogen-bond acceptors (Lipinski definition) is 6. The monoisotopic (exact) mass is 343 g/mol. The summed E-state index contributed by atoms with van der Waals surface area (Å²) in [5, 5.41) is 14.4. The summed E-state index contributed by atoms with van der Waals surface area (Å²) >= 11 is 0. The molecular formula is C17H17N3O5. The van der Waals surface area contributed by atoms with E-state index in [1.807, 2.05) is 6.92 Å². The first-order valence-electron chi connectivity index (χ1n) is 7.51. The van der Waals surface area contributed by atoms with Crippen LogP contribution in [0.5, 0.6) is 11.5 Å². The van der Waals surface area contributed by atoms with Crippen molar-refractivity contribution in [1.29, 1.82) is 0 Å². The van der Waals surface area contributed by atoms with Crippen LogP contribution in [0.2, 0.25) is 0 Å². The second kappa shape index (κ2) is 9.02. The number of amides is 1. The Kier molecular flexibility index (Phi) is 6.47. The second-order valence-corrected chi connectivity index (χ2v) is 4.81. The molecular weight excluding hydrogens is 326 g/mol. The number of hydrazone groups is 1. The number of ether oxygens (including phenoxy) is 2. The fourth-order valence-electron chi connectivity index (χ4n) is 1.92. The van der Waals surface area contributed by atoms with Crippen molar-refractivity contribution < 1.29 is 19.2 Å². The lowest BCUT2D eigenvalue weighted by atomic mass is 10.2. The van der Waals surface area contributed by atoms with Gasteiger partial charge in [0.15, 0.2) is 18.1 Å². The van der Waals surface area contributed by atoms with Crippen molar-refractivity contribution in [3.63, 3.8) is 0 Å². The van der Waals surface area contributed by atoms with Gasteiger partial charge in [-0.3, -0.25) is 14.9 Å². The second-order valence-electron chi connectivity index (χ2n) is 4.81. The van der Waals surface area contributed by atoms with Gasteiger partial charge >= 0.3 is 0 Å². The number of carbonyl (C=O) groups is 1. The fraction of sp³-hybridized carbons (Fsp3) is 0.176. The molecule has 0 aromatic heterocycles. The zero-order valence-corrected chi connectivity index (χ0v) is 13.5. The smallest absolute Gasteiger partial charge is 0.277 e. The van der Waals surface area contributed by atoms with E-state index in [0.717, 1.165) is 0 Å². The van der Waals surface area contributed by atoms with Crippen molar-refractivity contribution in [2.75, 3.05) is 13.2 Å². The van der Waals surface area contributed by atoms with E-state index in [0.29, 0.717) is 23.7 Å². The van der Waals surface area contributed by atoms with Crippen molar-refractivity contribution >= 4 is 17.8 Å². The number of non-ortho nitro benzene ring substituents is 1. The van der Waals surface area contributed by atoms with Crippen LogP contribution in [0, 0.1) is 10.1 Å². The van der Waals surface area contributed by atoms with E-state index in [4.69, 9.17) is 9.47 Å². The van der Waals surface area contributed by atoms with Crippen LogP contribution in [-0.2, 0) is 4.79 Å². The summed E-state index contributed by atoms with van der Waals surface area (Å²) in [7, 11) is 0. The average Bonchev–Trinajstić information content (AvgIpc) is 2.61. The van der Waals surface area contributed by atoms with E-state index in [2.05, 4.69) is 10.5 Å². The Morgan fingerprint density at radius 2 is 1.92 bits per heavy atom. The molecule has 130 valence electrons. The van der Waals surface area contributed by atoms with Gasteiger partial charge < -0.3 is 9.47 Å². The molecule has 0 fully saturated rings. The molecule has 25 heavy (non-hydrogen) atoms. The van der Waals surface area contributed by atoms with E-state index in [1.165, 1.54) is 24.4 Å². The summed E-state index contributed by atoms with van der Waals surface area (Å²) in [5.41, 5.74) is 2.74. The summed E-state index contributed by atoms with van der Waals surface area (Å²) in [6.45, 7) is 2.10. The van der Waals surface area contributed by atoms with Gasteiger partial charge in [-0.05, 0) is 19.1 Å². The van der Waals surface area contributed by atoms with Gasteiger partial charge in [-0.2, -0.15) is 5.10 Å². The van der Waals surface area contributed by atoms with Gasteiger partial charge in [-0.25, -0.2) is 5.43 Å². The Bertz CT molecular complexity index is 776. The van der Waals surface area contributed by atoms with Crippen LogP contribution in [0.3, 0.4) is 0 Å². The lowest BCUT2D eigenvalue weighted by Gasteiger charge is -2.10. The maximum atomic E-state index is 11.8. The molecule has 0 unspecified atom stereocenters. The largest absolute Gasteiger partial charge is 0.490 e. The van der Waals surface area contributed by atoms with Gasteiger partial charge in [0.2, 0.25) is 0 Å². The highest BCUT2D eigenvalue weighted by molar-refractivity contribution is 5.83. The third-order valence-electron chi connectivity index (χ3n) is 2.99. The van der Waals surface area contributed by atoms with Crippen LogP contribution in [0.4, 0.5) is 5.69 Å². The molecule has 1 amide bonds. The average molecular weight is 343 g/mol. The van der Waals surface area contributed by atoms with Crippen molar-refractivity contribution in [3.8, 4) is 11.5 Å². The molecule has 2 aromatic rings. The molecule has 0 heterocycles. The zero-order valence-electron chi connectivity index (χ0n) is 13.5. The minimum atomic E-state index is -0.500. The highest BCUT2D eigenvalue weighted by atomic mass is 16.6. The van der Waals surface area contributed by atoms with Crippen LogP contribution < -0.4 is 14.9 Å². The van der Waals surface area contributed by atoms with Gasteiger partial charge in [-0.15, -0.1) is 0 Å². The Labute approximate surface area is 144 Å². The number of hydrogen-bond donors (Lipinski definition) is 1. The number of nitro groups is 1. The standard InChI is InChI=1S/C17H17N3O5/c1-2-24-15-8-3-4-9-16(15)25-12-17(21)19-18-11-13-6-5-7-14(10-13)20(22)23/h3-11H,2,12H2,1H3,(H,19,21)/b18-11+. The van der Waals surface area contributed by atoms with Gasteiger partial charge in [0, 0.05) is 17.7 Å². The van der Waals surface area contributed by atoms with Crippen LogP contribution in [-0.4, -0.2) is 30.3 Å². The maximum absolute atomic E-state index is 11.8. The number of nitro benzene ring substituents is 1. The highest BCUT2D eigenvalue weighted by Gasteiger charge is 2.07. The van der Waals surface area contributed by atoms with Gasteiger partial charge in [0.25, 0.3) is 11.6 Å². The molecule has 0 saturated carbocycles.